The average Bonchev–Trinajstić information content (AvgIpc) is 3.09. The summed E-state index contributed by atoms with van der Waals surface area (Å²) in [6.07, 6.45) is 0. The zero-order valence-electron chi connectivity index (χ0n) is 27.0. The van der Waals surface area contributed by atoms with Gasteiger partial charge in [-0.05, 0) is 141 Å². The van der Waals surface area contributed by atoms with Crippen LogP contribution in [0.1, 0.15) is 22.3 Å². The number of hydrogen-bond donors (Lipinski definition) is 0. The third-order valence-corrected chi connectivity index (χ3v) is 9.21. The highest BCUT2D eigenvalue weighted by Gasteiger charge is 2.18. The molecule has 0 aliphatic carbocycles. The van der Waals surface area contributed by atoms with Gasteiger partial charge < -0.3 is 0 Å². The molecule has 7 aromatic rings. The van der Waals surface area contributed by atoms with E-state index in [-0.39, 0.29) is 0 Å². The van der Waals surface area contributed by atoms with Gasteiger partial charge in [0.2, 0.25) is 0 Å². The van der Waals surface area contributed by atoms with Crippen LogP contribution in [0.15, 0.2) is 158 Å². The molecule has 0 atom stereocenters. The molecule has 0 aromatic heterocycles. The molecule has 0 N–H and O–H groups in total. The molecule has 222 valence electrons. The minimum atomic E-state index is 1.21. The Labute approximate surface area is 273 Å². The van der Waals surface area contributed by atoms with Gasteiger partial charge in [0.25, 0.3) is 0 Å². The van der Waals surface area contributed by atoms with Crippen LogP contribution in [0.4, 0.5) is 0 Å². The second-order valence-corrected chi connectivity index (χ2v) is 12.4. The molecule has 0 fully saturated rings. The maximum absolute atomic E-state index is 2.42. The zero-order valence-corrected chi connectivity index (χ0v) is 27.0. The predicted molar refractivity (Wildman–Crippen MR) is 198 cm³/mol. The van der Waals surface area contributed by atoms with Crippen molar-refractivity contribution in [1.82, 2.24) is 0 Å². The highest BCUT2D eigenvalue weighted by Crippen LogP contribution is 2.44. The summed E-state index contributed by atoms with van der Waals surface area (Å²) in [7, 11) is 0. The molecule has 0 amide bonds. The van der Waals surface area contributed by atoms with E-state index in [9.17, 15) is 0 Å². The minimum Gasteiger partial charge on any atom is -0.0622 e. The van der Waals surface area contributed by atoms with Crippen molar-refractivity contribution in [3.63, 3.8) is 0 Å². The van der Waals surface area contributed by atoms with E-state index in [1.807, 2.05) is 0 Å². The van der Waals surface area contributed by atoms with Gasteiger partial charge in [-0.2, -0.15) is 0 Å². The molecule has 0 unspecified atom stereocenters. The third kappa shape index (κ3) is 5.59. The molecular weight excluding hydrogens is 553 g/mol. The van der Waals surface area contributed by atoms with Crippen LogP contribution < -0.4 is 0 Å². The summed E-state index contributed by atoms with van der Waals surface area (Å²) in [6, 6.07) is 57.8. The summed E-state index contributed by atoms with van der Waals surface area (Å²) in [5, 5.41) is 0. The fourth-order valence-electron chi connectivity index (χ4n) is 7.01. The highest BCUT2D eigenvalue weighted by atomic mass is 14.2. The number of rotatable bonds is 6. The second kappa shape index (κ2) is 12.5. The van der Waals surface area contributed by atoms with Crippen molar-refractivity contribution >= 4 is 0 Å². The zero-order chi connectivity index (χ0) is 31.6. The smallest absolute Gasteiger partial charge is 0.00986 e. The Kier molecular flexibility index (Phi) is 7.95. The van der Waals surface area contributed by atoms with E-state index in [4.69, 9.17) is 0 Å². The monoisotopic (exact) mass is 590 g/mol. The molecule has 0 bridgehead atoms. The van der Waals surface area contributed by atoms with Gasteiger partial charge in [0.15, 0.2) is 0 Å². The molecule has 0 aliphatic rings. The van der Waals surface area contributed by atoms with Gasteiger partial charge in [0.05, 0.1) is 0 Å². The molecule has 46 heavy (non-hydrogen) atoms. The van der Waals surface area contributed by atoms with Crippen molar-refractivity contribution in [2.24, 2.45) is 0 Å². The fourth-order valence-corrected chi connectivity index (χ4v) is 7.01. The van der Waals surface area contributed by atoms with Gasteiger partial charge in [0, 0.05) is 0 Å². The molecule has 0 saturated carbocycles. The molecule has 0 nitrogen and oxygen atoms in total. The Hall–Kier alpha value is -5.46. The molecule has 7 aromatic carbocycles. The number of aryl methyl sites for hydroxylation is 4. The van der Waals surface area contributed by atoms with Crippen LogP contribution in [-0.2, 0) is 0 Å². The van der Waals surface area contributed by atoms with Crippen molar-refractivity contribution < 1.29 is 0 Å². The Balaban J connectivity index is 1.50. The maximum Gasteiger partial charge on any atom is -0.00986 e. The van der Waals surface area contributed by atoms with Crippen molar-refractivity contribution in [2.45, 2.75) is 27.7 Å². The SMILES string of the molecule is Cc1cccc(C)c1-c1cccc(-c2cc(-c3ccccc3)c(-c3cccc(-c4c(C)cccc4C)c3)cc2-c2ccccc2)c1. The second-order valence-electron chi connectivity index (χ2n) is 12.4. The van der Waals surface area contributed by atoms with Crippen molar-refractivity contribution in [3.05, 3.63) is 180 Å². The van der Waals surface area contributed by atoms with Crippen molar-refractivity contribution in [2.75, 3.05) is 0 Å². The normalized spacial score (nSPS) is 11.0. The maximum atomic E-state index is 2.42. The molecule has 0 radical (unpaired) electrons. The minimum absolute atomic E-state index is 1.21. The van der Waals surface area contributed by atoms with Gasteiger partial charge in [0.1, 0.15) is 0 Å². The van der Waals surface area contributed by atoms with E-state index in [0.717, 1.165) is 0 Å². The number of hydrogen-bond acceptors (Lipinski definition) is 0. The largest absolute Gasteiger partial charge is 0.0622 e. The summed E-state index contributed by atoms with van der Waals surface area (Å²) in [6.45, 7) is 8.83. The summed E-state index contributed by atoms with van der Waals surface area (Å²) in [5.41, 5.74) is 20.1. The van der Waals surface area contributed by atoms with Crippen LogP contribution in [0.2, 0.25) is 0 Å². The van der Waals surface area contributed by atoms with Crippen LogP contribution in [-0.4, -0.2) is 0 Å². The Morgan fingerprint density at radius 3 is 0.891 bits per heavy atom. The van der Waals surface area contributed by atoms with Crippen molar-refractivity contribution in [3.8, 4) is 66.8 Å². The number of benzene rings is 7. The molecule has 0 heterocycles. The van der Waals surface area contributed by atoms with E-state index in [2.05, 4.69) is 185 Å². The quantitative estimate of drug-likeness (QED) is 0.181. The van der Waals surface area contributed by atoms with Gasteiger partial charge in [-0.25, -0.2) is 0 Å². The van der Waals surface area contributed by atoms with Crippen LogP contribution >= 0.6 is 0 Å². The van der Waals surface area contributed by atoms with Crippen LogP contribution in [0.5, 0.6) is 0 Å². The van der Waals surface area contributed by atoms with Crippen LogP contribution in [0.25, 0.3) is 66.8 Å². The van der Waals surface area contributed by atoms with Crippen LogP contribution in [0, 0.1) is 27.7 Å². The summed E-state index contributed by atoms with van der Waals surface area (Å²) < 4.78 is 0. The fraction of sp³-hybridized carbons (Fsp3) is 0.0870. The Morgan fingerprint density at radius 2 is 0.522 bits per heavy atom. The first-order valence-electron chi connectivity index (χ1n) is 16.1. The van der Waals surface area contributed by atoms with Gasteiger partial charge in [-0.15, -0.1) is 0 Å². The van der Waals surface area contributed by atoms with E-state index < -0.39 is 0 Å². The predicted octanol–water partition coefficient (Wildman–Crippen LogP) is 12.9. The average molecular weight is 591 g/mol. The lowest BCUT2D eigenvalue weighted by atomic mass is 9.84. The molecule has 0 spiro atoms. The Morgan fingerprint density at radius 1 is 0.239 bits per heavy atom. The summed E-state index contributed by atoms with van der Waals surface area (Å²) in [4.78, 5) is 0. The lowest BCUT2D eigenvalue weighted by Crippen LogP contribution is -1.94. The van der Waals surface area contributed by atoms with E-state index in [1.54, 1.807) is 0 Å². The topological polar surface area (TPSA) is 0 Å². The first kappa shape index (κ1) is 29.3. The van der Waals surface area contributed by atoms with Crippen LogP contribution in [0.3, 0.4) is 0 Å². The highest BCUT2D eigenvalue weighted by molar-refractivity contribution is 5.96. The van der Waals surface area contributed by atoms with Gasteiger partial charge >= 0.3 is 0 Å². The van der Waals surface area contributed by atoms with Gasteiger partial charge in [-0.3, -0.25) is 0 Å². The molecule has 0 saturated heterocycles. The third-order valence-electron chi connectivity index (χ3n) is 9.21. The lowest BCUT2D eigenvalue weighted by Gasteiger charge is -2.20. The summed E-state index contributed by atoms with van der Waals surface area (Å²) >= 11 is 0. The van der Waals surface area contributed by atoms with Gasteiger partial charge in [-0.1, -0.05) is 133 Å². The van der Waals surface area contributed by atoms with E-state index in [0.29, 0.717) is 0 Å². The molecular formula is C46H38. The molecule has 7 rings (SSSR count). The first-order valence-corrected chi connectivity index (χ1v) is 16.1. The summed E-state index contributed by atoms with van der Waals surface area (Å²) in [5.74, 6) is 0. The first-order chi connectivity index (χ1) is 22.5. The lowest BCUT2D eigenvalue weighted by molar-refractivity contribution is 1.38. The Bertz CT molecular complexity index is 1970. The standard InChI is InChI=1S/C46H38/c1-31-15-11-16-32(2)45(31)39-25-13-23-37(27-39)43-29-42(36-21-9-6-10-22-36)44(30-41(43)35-19-7-5-8-20-35)38-24-14-26-40(28-38)46-33(3)17-12-18-34(46)4/h5-30H,1-4H3. The molecule has 0 heteroatoms. The van der Waals surface area contributed by atoms with E-state index >= 15 is 0 Å². The molecule has 0 aliphatic heterocycles. The van der Waals surface area contributed by atoms with Crippen molar-refractivity contribution in [1.29, 1.82) is 0 Å². The van der Waals surface area contributed by atoms with E-state index in [1.165, 1.54) is 89.0 Å².